The number of pyridine rings is 1. The number of hydrogen-bond acceptors (Lipinski definition) is 2. The van der Waals surface area contributed by atoms with Gasteiger partial charge in [-0.3, -0.25) is 4.79 Å². The summed E-state index contributed by atoms with van der Waals surface area (Å²) in [6.07, 6.45) is 4.77. The second kappa shape index (κ2) is 6.97. The van der Waals surface area contributed by atoms with Crippen LogP contribution in [0.4, 0.5) is 0 Å². The van der Waals surface area contributed by atoms with Gasteiger partial charge in [0.2, 0.25) is 0 Å². The second-order valence-corrected chi connectivity index (χ2v) is 5.28. The Kier molecular flexibility index (Phi) is 5.92. The van der Waals surface area contributed by atoms with Crippen LogP contribution < -0.4 is 5.32 Å². The quantitative estimate of drug-likeness (QED) is 0.839. The lowest BCUT2D eigenvalue weighted by Crippen LogP contribution is -2.32. The van der Waals surface area contributed by atoms with Crippen molar-refractivity contribution < 1.29 is 4.79 Å². The maximum absolute atomic E-state index is 11.9. The zero-order valence-electron chi connectivity index (χ0n) is 9.96. The number of halogens is 2. The van der Waals surface area contributed by atoms with Crippen LogP contribution in [0.2, 0.25) is 5.15 Å². The van der Waals surface area contributed by atoms with Gasteiger partial charge in [-0.25, -0.2) is 4.98 Å². The Morgan fingerprint density at radius 2 is 2.35 bits per heavy atom. The molecule has 94 valence electrons. The molecule has 1 unspecified atom stereocenters. The molecule has 0 saturated carbocycles. The molecule has 1 rings (SSSR count). The SMILES string of the molecule is CCCCC(C)NC(=O)c1cc(Br)cnc1Cl. The van der Waals surface area contributed by atoms with E-state index < -0.39 is 0 Å². The molecule has 1 N–H and O–H groups in total. The maximum Gasteiger partial charge on any atom is 0.254 e. The Bertz CT molecular complexity index is 398. The number of carbonyl (C=O) groups is 1. The monoisotopic (exact) mass is 318 g/mol. The first-order valence-electron chi connectivity index (χ1n) is 5.66. The molecule has 0 aliphatic rings. The molecule has 0 saturated heterocycles. The molecule has 1 aromatic heterocycles. The van der Waals surface area contributed by atoms with Gasteiger partial charge in [0, 0.05) is 16.7 Å². The molecule has 1 atom stereocenters. The average molecular weight is 320 g/mol. The minimum atomic E-state index is -0.174. The van der Waals surface area contributed by atoms with E-state index in [0.717, 1.165) is 23.7 Å². The fraction of sp³-hybridized carbons (Fsp3) is 0.500. The minimum Gasteiger partial charge on any atom is -0.349 e. The van der Waals surface area contributed by atoms with Crippen molar-refractivity contribution in [2.24, 2.45) is 0 Å². The number of hydrogen-bond donors (Lipinski definition) is 1. The lowest BCUT2D eigenvalue weighted by Gasteiger charge is -2.13. The number of amides is 1. The fourth-order valence-corrected chi connectivity index (χ4v) is 1.99. The maximum atomic E-state index is 11.9. The fourth-order valence-electron chi connectivity index (χ4n) is 1.47. The average Bonchev–Trinajstić information content (AvgIpc) is 2.29. The normalized spacial score (nSPS) is 12.2. The van der Waals surface area contributed by atoms with Gasteiger partial charge in [-0.1, -0.05) is 31.4 Å². The van der Waals surface area contributed by atoms with Crippen LogP contribution in [0.1, 0.15) is 43.5 Å². The van der Waals surface area contributed by atoms with Crippen LogP contribution in [0.15, 0.2) is 16.7 Å². The zero-order chi connectivity index (χ0) is 12.8. The van der Waals surface area contributed by atoms with Crippen molar-refractivity contribution >= 4 is 33.4 Å². The van der Waals surface area contributed by atoms with E-state index in [1.54, 1.807) is 12.3 Å². The van der Waals surface area contributed by atoms with E-state index >= 15 is 0 Å². The third kappa shape index (κ3) is 4.64. The van der Waals surface area contributed by atoms with Gasteiger partial charge >= 0.3 is 0 Å². The molecule has 5 heteroatoms. The lowest BCUT2D eigenvalue weighted by molar-refractivity contribution is 0.0937. The Labute approximate surface area is 115 Å². The van der Waals surface area contributed by atoms with Crippen molar-refractivity contribution in [3.8, 4) is 0 Å². The summed E-state index contributed by atoms with van der Waals surface area (Å²) in [6, 6.07) is 1.83. The third-order valence-electron chi connectivity index (χ3n) is 2.42. The first kappa shape index (κ1) is 14.5. The smallest absolute Gasteiger partial charge is 0.254 e. The van der Waals surface area contributed by atoms with Crippen LogP contribution in [0.5, 0.6) is 0 Å². The Morgan fingerprint density at radius 3 is 3.00 bits per heavy atom. The lowest BCUT2D eigenvalue weighted by atomic mass is 10.1. The third-order valence-corrected chi connectivity index (χ3v) is 3.15. The summed E-state index contributed by atoms with van der Waals surface area (Å²) in [4.78, 5) is 15.9. The summed E-state index contributed by atoms with van der Waals surface area (Å²) in [5.41, 5.74) is 0.407. The van der Waals surface area contributed by atoms with Crippen molar-refractivity contribution in [2.45, 2.75) is 39.2 Å². The topological polar surface area (TPSA) is 42.0 Å². The van der Waals surface area contributed by atoms with Crippen molar-refractivity contribution in [3.05, 3.63) is 27.5 Å². The molecule has 1 heterocycles. The molecule has 0 bridgehead atoms. The first-order chi connectivity index (χ1) is 8.04. The van der Waals surface area contributed by atoms with E-state index in [9.17, 15) is 4.79 Å². The van der Waals surface area contributed by atoms with Crippen molar-refractivity contribution in [1.29, 1.82) is 0 Å². The highest BCUT2D eigenvalue weighted by molar-refractivity contribution is 9.10. The van der Waals surface area contributed by atoms with Gasteiger partial charge in [0.05, 0.1) is 5.56 Å². The first-order valence-corrected chi connectivity index (χ1v) is 6.83. The minimum absolute atomic E-state index is 0.150. The Morgan fingerprint density at radius 1 is 1.65 bits per heavy atom. The molecule has 0 radical (unpaired) electrons. The van der Waals surface area contributed by atoms with Crippen LogP contribution in [-0.2, 0) is 0 Å². The van der Waals surface area contributed by atoms with Crippen molar-refractivity contribution in [2.75, 3.05) is 0 Å². The highest BCUT2D eigenvalue weighted by Crippen LogP contribution is 2.18. The van der Waals surface area contributed by atoms with Gasteiger partial charge in [0.15, 0.2) is 0 Å². The molecule has 1 aromatic rings. The highest BCUT2D eigenvalue weighted by atomic mass is 79.9. The second-order valence-electron chi connectivity index (χ2n) is 4.01. The molecule has 17 heavy (non-hydrogen) atoms. The number of nitrogens with one attached hydrogen (secondary N) is 1. The summed E-state index contributed by atoms with van der Waals surface area (Å²) in [5.74, 6) is -0.174. The standard InChI is InChI=1S/C12H16BrClN2O/c1-3-4-5-8(2)16-12(17)10-6-9(13)7-15-11(10)14/h6-8H,3-5H2,1-2H3,(H,16,17). The Balaban J connectivity index is 2.66. The van der Waals surface area contributed by atoms with Crippen LogP contribution >= 0.6 is 27.5 Å². The van der Waals surface area contributed by atoms with E-state index in [1.807, 2.05) is 6.92 Å². The van der Waals surface area contributed by atoms with Gasteiger partial charge in [0.25, 0.3) is 5.91 Å². The molecule has 0 fully saturated rings. The molecule has 0 aliphatic carbocycles. The van der Waals surface area contributed by atoms with E-state index in [4.69, 9.17) is 11.6 Å². The highest BCUT2D eigenvalue weighted by Gasteiger charge is 2.14. The van der Waals surface area contributed by atoms with Crippen LogP contribution in [0.25, 0.3) is 0 Å². The van der Waals surface area contributed by atoms with E-state index in [-0.39, 0.29) is 17.1 Å². The van der Waals surface area contributed by atoms with Crippen LogP contribution in [0.3, 0.4) is 0 Å². The van der Waals surface area contributed by atoms with Crippen molar-refractivity contribution in [1.82, 2.24) is 10.3 Å². The number of rotatable bonds is 5. The Hall–Kier alpha value is -0.610. The zero-order valence-corrected chi connectivity index (χ0v) is 12.3. The predicted molar refractivity (Wildman–Crippen MR) is 73.4 cm³/mol. The van der Waals surface area contributed by atoms with Crippen LogP contribution in [0, 0.1) is 0 Å². The number of nitrogens with zero attached hydrogens (tertiary/aromatic N) is 1. The molecular formula is C12H16BrClN2O. The van der Waals surface area contributed by atoms with Gasteiger partial charge < -0.3 is 5.32 Å². The van der Waals surface area contributed by atoms with E-state index in [1.165, 1.54) is 0 Å². The largest absolute Gasteiger partial charge is 0.349 e. The molecular weight excluding hydrogens is 304 g/mol. The van der Waals surface area contributed by atoms with E-state index in [0.29, 0.717) is 5.56 Å². The van der Waals surface area contributed by atoms with Gasteiger partial charge in [-0.15, -0.1) is 0 Å². The molecule has 1 amide bonds. The number of carbonyl (C=O) groups excluding carboxylic acids is 1. The summed E-state index contributed by atoms with van der Waals surface area (Å²) in [7, 11) is 0. The summed E-state index contributed by atoms with van der Waals surface area (Å²) >= 11 is 9.16. The molecule has 0 aliphatic heterocycles. The van der Waals surface area contributed by atoms with Gasteiger partial charge in [-0.2, -0.15) is 0 Å². The summed E-state index contributed by atoms with van der Waals surface area (Å²) in [5, 5.41) is 3.14. The molecule has 0 spiro atoms. The van der Waals surface area contributed by atoms with Crippen LogP contribution in [-0.4, -0.2) is 16.9 Å². The number of aromatic nitrogens is 1. The number of unbranched alkanes of at least 4 members (excludes halogenated alkanes) is 1. The summed E-state index contributed by atoms with van der Waals surface area (Å²) in [6.45, 7) is 4.12. The van der Waals surface area contributed by atoms with Crippen molar-refractivity contribution in [3.63, 3.8) is 0 Å². The summed E-state index contributed by atoms with van der Waals surface area (Å²) < 4.78 is 0.744. The molecule has 3 nitrogen and oxygen atoms in total. The molecule has 0 aromatic carbocycles. The van der Waals surface area contributed by atoms with Gasteiger partial charge in [0.1, 0.15) is 5.15 Å². The van der Waals surface area contributed by atoms with Gasteiger partial charge in [-0.05, 0) is 35.3 Å². The van der Waals surface area contributed by atoms with E-state index in [2.05, 4.69) is 33.2 Å². The predicted octanol–water partition coefficient (Wildman–Crippen LogP) is 3.81.